The summed E-state index contributed by atoms with van der Waals surface area (Å²) < 4.78 is 13.7. The molecule has 0 atom stereocenters. The number of aromatic nitrogens is 3. The van der Waals surface area contributed by atoms with Gasteiger partial charge in [-0.15, -0.1) is 0 Å². The van der Waals surface area contributed by atoms with Crippen molar-refractivity contribution in [1.29, 1.82) is 0 Å². The topological polar surface area (TPSA) is 108 Å². The highest BCUT2D eigenvalue weighted by Crippen LogP contribution is 2.17. The molecule has 0 fully saturated rings. The molecule has 1 amide bonds. The molecule has 4 aromatic heterocycles. The van der Waals surface area contributed by atoms with Gasteiger partial charge in [-0.05, 0) is 37.3 Å². The lowest BCUT2D eigenvalue weighted by Crippen LogP contribution is -2.34. The Bertz CT molecular complexity index is 1490. The zero-order chi connectivity index (χ0) is 23.8. The number of furan rings is 1. The summed E-state index contributed by atoms with van der Waals surface area (Å²) in [7, 11) is 0. The average molecular weight is 448 g/mol. The fourth-order valence-electron chi connectivity index (χ4n) is 3.33. The number of pyridine rings is 2. The molecule has 0 bridgehead atoms. The number of esters is 1. The number of hydrogen-bond donors (Lipinski definition) is 0. The Morgan fingerprint density at radius 3 is 2.64 bits per heavy atom. The van der Waals surface area contributed by atoms with E-state index in [0.717, 1.165) is 0 Å². The summed E-state index contributed by atoms with van der Waals surface area (Å²) in [6.45, 7) is 7.10. The third kappa shape index (κ3) is 4.21. The predicted octanol–water partition coefficient (Wildman–Crippen LogP) is 2.94. The van der Waals surface area contributed by atoms with Crippen molar-refractivity contribution in [1.82, 2.24) is 14.0 Å². The molecule has 0 radical (unpaired) electrons. The Morgan fingerprint density at radius 2 is 1.97 bits per heavy atom. The molecule has 0 unspecified atom stereocenters. The van der Waals surface area contributed by atoms with Gasteiger partial charge in [0.2, 0.25) is 0 Å². The Kier molecular flexibility index (Phi) is 5.71. The second-order valence-corrected chi connectivity index (χ2v) is 8.52. The van der Waals surface area contributed by atoms with Crippen LogP contribution < -0.4 is 11.0 Å². The van der Waals surface area contributed by atoms with Gasteiger partial charge in [-0.3, -0.25) is 14.0 Å². The SMILES string of the molecule is CCOC(=O)c1cc2c(=O)n3ccccc3nc2n(Cc2ccco2)c1=NC(=O)C(C)(C)C. The van der Waals surface area contributed by atoms with Crippen LogP contribution in [0.3, 0.4) is 0 Å². The van der Waals surface area contributed by atoms with Crippen LogP contribution in [0, 0.1) is 5.41 Å². The third-order valence-electron chi connectivity index (χ3n) is 5.03. The maximum absolute atomic E-state index is 13.3. The highest BCUT2D eigenvalue weighted by atomic mass is 16.5. The molecule has 4 aromatic rings. The largest absolute Gasteiger partial charge is 0.467 e. The van der Waals surface area contributed by atoms with Gasteiger partial charge in [0.1, 0.15) is 22.6 Å². The Balaban J connectivity index is 2.19. The molecule has 0 aliphatic carbocycles. The number of carbonyl (C=O) groups is 2. The minimum Gasteiger partial charge on any atom is -0.467 e. The normalized spacial score (nSPS) is 12.4. The van der Waals surface area contributed by atoms with Crippen LogP contribution in [0.5, 0.6) is 0 Å². The van der Waals surface area contributed by atoms with Gasteiger partial charge in [0.05, 0.1) is 24.8 Å². The number of amides is 1. The molecular weight excluding hydrogens is 424 g/mol. The van der Waals surface area contributed by atoms with Crippen LogP contribution >= 0.6 is 0 Å². The first kappa shape index (κ1) is 22.2. The van der Waals surface area contributed by atoms with Crippen molar-refractivity contribution in [3.63, 3.8) is 0 Å². The molecule has 0 aliphatic rings. The molecule has 9 nitrogen and oxygen atoms in total. The van der Waals surface area contributed by atoms with Crippen LogP contribution in [0.4, 0.5) is 0 Å². The van der Waals surface area contributed by atoms with E-state index in [1.54, 1.807) is 68.8 Å². The van der Waals surface area contributed by atoms with E-state index in [1.807, 2.05) is 0 Å². The number of hydrogen-bond acceptors (Lipinski definition) is 6. The minimum atomic E-state index is -0.792. The van der Waals surface area contributed by atoms with Crippen molar-refractivity contribution in [2.75, 3.05) is 6.61 Å². The van der Waals surface area contributed by atoms with Gasteiger partial charge in [0.15, 0.2) is 5.49 Å². The van der Waals surface area contributed by atoms with Gasteiger partial charge in [0.25, 0.3) is 11.5 Å². The molecule has 0 aliphatic heterocycles. The van der Waals surface area contributed by atoms with E-state index >= 15 is 0 Å². The summed E-state index contributed by atoms with van der Waals surface area (Å²) in [5, 5.41) is 0.190. The van der Waals surface area contributed by atoms with Gasteiger partial charge >= 0.3 is 5.97 Å². The summed E-state index contributed by atoms with van der Waals surface area (Å²) in [4.78, 5) is 48.1. The smallest absolute Gasteiger partial charge is 0.341 e. The molecule has 170 valence electrons. The minimum absolute atomic E-state index is 0.00304. The van der Waals surface area contributed by atoms with Crippen molar-refractivity contribution in [2.24, 2.45) is 10.4 Å². The van der Waals surface area contributed by atoms with E-state index in [4.69, 9.17) is 9.15 Å². The average Bonchev–Trinajstić information content (AvgIpc) is 3.28. The summed E-state index contributed by atoms with van der Waals surface area (Å²) in [5.74, 6) is -0.583. The Morgan fingerprint density at radius 1 is 1.18 bits per heavy atom. The summed E-state index contributed by atoms with van der Waals surface area (Å²) >= 11 is 0. The number of nitrogens with zero attached hydrogens (tertiary/aromatic N) is 4. The molecule has 9 heteroatoms. The highest BCUT2D eigenvalue weighted by Gasteiger charge is 2.24. The van der Waals surface area contributed by atoms with Gasteiger partial charge < -0.3 is 13.7 Å². The van der Waals surface area contributed by atoms with Gasteiger partial charge in [-0.2, -0.15) is 4.99 Å². The number of carbonyl (C=O) groups excluding carboxylic acids is 2. The van der Waals surface area contributed by atoms with Crippen LogP contribution in [0.25, 0.3) is 16.7 Å². The Labute approximate surface area is 189 Å². The standard InChI is InChI=1S/C24H24N4O5/c1-5-32-22(30)17-13-16-19(25-18-10-6-7-11-27(18)21(16)29)28(14-15-9-8-12-33-15)20(17)26-23(31)24(2,3)4/h6-13H,5,14H2,1-4H3. The van der Waals surface area contributed by atoms with Gasteiger partial charge in [0, 0.05) is 11.6 Å². The summed E-state index contributed by atoms with van der Waals surface area (Å²) in [5.41, 5.74) is -0.396. The number of rotatable bonds is 4. The maximum atomic E-state index is 13.3. The Hall–Kier alpha value is -4.01. The molecule has 4 rings (SSSR count). The number of ether oxygens (including phenoxy) is 1. The molecule has 0 saturated carbocycles. The van der Waals surface area contributed by atoms with Crippen molar-refractivity contribution in [2.45, 2.75) is 34.2 Å². The van der Waals surface area contributed by atoms with E-state index in [1.165, 1.54) is 16.7 Å². The van der Waals surface area contributed by atoms with E-state index in [9.17, 15) is 14.4 Å². The van der Waals surface area contributed by atoms with E-state index in [0.29, 0.717) is 11.4 Å². The van der Waals surface area contributed by atoms with Gasteiger partial charge in [-0.25, -0.2) is 9.78 Å². The van der Waals surface area contributed by atoms with Crippen molar-refractivity contribution in [3.05, 3.63) is 76.0 Å². The highest BCUT2D eigenvalue weighted by molar-refractivity contribution is 5.94. The second-order valence-electron chi connectivity index (χ2n) is 8.52. The molecule has 33 heavy (non-hydrogen) atoms. The van der Waals surface area contributed by atoms with Crippen LogP contribution in [-0.2, 0) is 16.1 Å². The molecular formula is C24H24N4O5. The van der Waals surface area contributed by atoms with E-state index in [2.05, 4.69) is 9.98 Å². The third-order valence-corrected chi connectivity index (χ3v) is 5.03. The monoisotopic (exact) mass is 448 g/mol. The van der Waals surface area contributed by atoms with Crippen LogP contribution in [0.1, 0.15) is 43.8 Å². The second kappa shape index (κ2) is 8.50. The molecule has 0 saturated heterocycles. The zero-order valence-corrected chi connectivity index (χ0v) is 18.9. The van der Waals surface area contributed by atoms with Crippen molar-refractivity contribution >= 4 is 28.6 Å². The zero-order valence-electron chi connectivity index (χ0n) is 18.9. The lowest BCUT2D eigenvalue weighted by molar-refractivity contribution is -0.125. The fourth-order valence-corrected chi connectivity index (χ4v) is 3.33. The summed E-state index contributed by atoms with van der Waals surface area (Å²) in [6.07, 6.45) is 3.12. The maximum Gasteiger partial charge on any atom is 0.341 e. The van der Waals surface area contributed by atoms with E-state index in [-0.39, 0.29) is 40.8 Å². The van der Waals surface area contributed by atoms with Crippen molar-refractivity contribution in [3.8, 4) is 0 Å². The lowest BCUT2D eigenvalue weighted by Gasteiger charge is -2.16. The van der Waals surface area contributed by atoms with Crippen molar-refractivity contribution < 1.29 is 18.7 Å². The lowest BCUT2D eigenvalue weighted by atomic mass is 9.96. The summed E-state index contributed by atoms with van der Waals surface area (Å²) in [6, 6.07) is 10.1. The van der Waals surface area contributed by atoms with E-state index < -0.39 is 17.3 Å². The first-order valence-corrected chi connectivity index (χ1v) is 10.5. The molecule has 0 aromatic carbocycles. The quantitative estimate of drug-likeness (QED) is 0.351. The molecule has 0 spiro atoms. The first-order valence-electron chi connectivity index (χ1n) is 10.5. The van der Waals surface area contributed by atoms with Crippen LogP contribution in [0.15, 0.2) is 63.1 Å². The fraction of sp³-hybridized carbons (Fsp3) is 0.292. The first-order chi connectivity index (χ1) is 15.7. The van der Waals surface area contributed by atoms with Crippen LogP contribution in [0.2, 0.25) is 0 Å². The van der Waals surface area contributed by atoms with Crippen LogP contribution in [-0.4, -0.2) is 32.4 Å². The molecule has 0 N–H and O–H groups in total. The van der Waals surface area contributed by atoms with Gasteiger partial charge in [-0.1, -0.05) is 26.8 Å². The molecule has 4 heterocycles. The predicted molar refractivity (Wildman–Crippen MR) is 121 cm³/mol. The number of fused-ring (bicyclic) bond motifs is 2.